The second-order valence-electron chi connectivity index (χ2n) is 7.04. The molecule has 0 saturated heterocycles. The second-order valence-corrected chi connectivity index (χ2v) is 7.44. The maximum absolute atomic E-state index is 14.0. The third kappa shape index (κ3) is 5.13. The quantitative estimate of drug-likeness (QED) is 0.380. The summed E-state index contributed by atoms with van der Waals surface area (Å²) in [7, 11) is 0. The molecule has 0 bridgehead atoms. The highest BCUT2D eigenvalue weighted by Gasteiger charge is 2.17. The molecule has 4 aromatic rings. The number of aliphatic hydroxyl groups excluding tert-OH is 1. The lowest BCUT2D eigenvalue weighted by Crippen LogP contribution is -2.25. The van der Waals surface area contributed by atoms with Crippen LogP contribution in [0.25, 0.3) is 11.3 Å². The van der Waals surface area contributed by atoms with Crippen molar-refractivity contribution in [1.29, 1.82) is 0 Å². The van der Waals surface area contributed by atoms with Crippen molar-refractivity contribution in [3.8, 4) is 11.3 Å². The number of H-pyrrole nitrogens is 1. The zero-order valence-electron chi connectivity index (χ0n) is 17.1. The molecule has 3 aromatic heterocycles. The van der Waals surface area contributed by atoms with E-state index in [0.29, 0.717) is 16.8 Å². The molecule has 11 heteroatoms. The molecular formula is C22H18ClFN6O3. The molecule has 1 aromatic carbocycles. The second kappa shape index (κ2) is 9.72. The molecule has 0 amide bonds. The summed E-state index contributed by atoms with van der Waals surface area (Å²) < 4.78 is 15.4. The van der Waals surface area contributed by atoms with Crippen LogP contribution < -0.4 is 16.4 Å². The van der Waals surface area contributed by atoms with Crippen molar-refractivity contribution >= 4 is 23.5 Å². The average Bonchev–Trinajstić information content (AvgIpc) is 2.80. The molecule has 0 saturated carbocycles. The van der Waals surface area contributed by atoms with Crippen molar-refractivity contribution in [2.75, 3.05) is 11.9 Å². The van der Waals surface area contributed by atoms with E-state index in [4.69, 9.17) is 11.6 Å². The number of aromatic nitrogens is 5. The molecule has 3 heterocycles. The first-order chi connectivity index (χ1) is 15.9. The molecule has 0 aliphatic heterocycles. The van der Waals surface area contributed by atoms with E-state index in [1.165, 1.54) is 41.2 Å². The van der Waals surface area contributed by atoms with E-state index in [1.807, 2.05) is 0 Å². The van der Waals surface area contributed by atoms with Crippen LogP contribution in [0.1, 0.15) is 18.0 Å². The topological polar surface area (TPSA) is 126 Å². The van der Waals surface area contributed by atoms with Gasteiger partial charge in [0.15, 0.2) is 0 Å². The van der Waals surface area contributed by atoms with Gasteiger partial charge in [0.25, 0.3) is 11.1 Å². The zero-order chi connectivity index (χ0) is 23.4. The predicted molar refractivity (Wildman–Crippen MR) is 121 cm³/mol. The Bertz CT molecular complexity index is 1410. The fourth-order valence-electron chi connectivity index (χ4n) is 3.33. The molecule has 0 fully saturated rings. The van der Waals surface area contributed by atoms with Gasteiger partial charge >= 0.3 is 0 Å². The average molecular weight is 469 g/mol. The number of hydrogen-bond donors (Lipinski definition) is 3. The standard InChI is InChI=1S/C22H18ClFN6O3/c23-15-2-1-14(11-16(15)24)18(6-10-31)30-9-5-13(12-20(30)33)17-3-7-25-21(27-17)29-22-26-8-4-19(32)28-22/h1-5,7-9,11-12,18,31H,6,10H2,(H2,25,26,27,28,29,32)/t18-/m1/s1. The van der Waals surface area contributed by atoms with Crippen LogP contribution in [0.3, 0.4) is 0 Å². The van der Waals surface area contributed by atoms with Gasteiger partial charge in [0.05, 0.1) is 16.8 Å². The van der Waals surface area contributed by atoms with E-state index in [0.717, 1.165) is 0 Å². The molecule has 1 atom stereocenters. The molecule has 0 spiro atoms. The van der Waals surface area contributed by atoms with Gasteiger partial charge in [-0.2, -0.15) is 0 Å². The monoisotopic (exact) mass is 468 g/mol. The number of halogens is 2. The number of hydrogen-bond acceptors (Lipinski definition) is 7. The van der Waals surface area contributed by atoms with Crippen LogP contribution in [0.4, 0.5) is 16.3 Å². The first-order valence-corrected chi connectivity index (χ1v) is 10.3. The fraction of sp³-hybridized carbons (Fsp3) is 0.136. The van der Waals surface area contributed by atoms with Crippen LogP contribution in [0.5, 0.6) is 0 Å². The number of anilines is 2. The van der Waals surface area contributed by atoms with Gasteiger partial charge in [-0.1, -0.05) is 17.7 Å². The van der Waals surface area contributed by atoms with Gasteiger partial charge in [0.2, 0.25) is 11.9 Å². The van der Waals surface area contributed by atoms with Gasteiger partial charge < -0.3 is 9.67 Å². The van der Waals surface area contributed by atoms with Gasteiger partial charge in [0.1, 0.15) is 5.82 Å². The Morgan fingerprint density at radius 2 is 1.94 bits per heavy atom. The minimum atomic E-state index is -0.600. The molecule has 9 nitrogen and oxygen atoms in total. The third-order valence-electron chi connectivity index (χ3n) is 4.87. The number of nitrogens with one attached hydrogen (secondary N) is 2. The predicted octanol–water partition coefficient (Wildman–Crippen LogP) is 2.90. The van der Waals surface area contributed by atoms with E-state index >= 15 is 0 Å². The normalized spacial score (nSPS) is 11.8. The van der Waals surface area contributed by atoms with Gasteiger partial charge in [-0.05, 0) is 36.2 Å². The third-order valence-corrected chi connectivity index (χ3v) is 5.17. The largest absolute Gasteiger partial charge is 0.396 e. The Kier molecular flexibility index (Phi) is 6.57. The highest BCUT2D eigenvalue weighted by molar-refractivity contribution is 6.30. The van der Waals surface area contributed by atoms with Gasteiger partial charge in [-0.15, -0.1) is 0 Å². The van der Waals surface area contributed by atoms with E-state index < -0.39 is 11.9 Å². The number of pyridine rings is 1. The van der Waals surface area contributed by atoms with Crippen molar-refractivity contribution in [2.24, 2.45) is 0 Å². The molecule has 168 valence electrons. The van der Waals surface area contributed by atoms with E-state index in [-0.39, 0.29) is 41.1 Å². The Morgan fingerprint density at radius 1 is 1.12 bits per heavy atom. The SMILES string of the molecule is O=c1ccnc(Nc2nccc(-c3ccn([C@H](CCO)c4ccc(Cl)c(F)c4)c(=O)c3)n2)[nH]1. The molecule has 33 heavy (non-hydrogen) atoms. The summed E-state index contributed by atoms with van der Waals surface area (Å²) in [5.41, 5.74) is 0.819. The highest BCUT2D eigenvalue weighted by atomic mass is 35.5. The Balaban J connectivity index is 1.65. The Morgan fingerprint density at radius 3 is 2.67 bits per heavy atom. The summed E-state index contributed by atoms with van der Waals surface area (Å²) in [5.74, 6) is -0.241. The maximum Gasteiger partial charge on any atom is 0.252 e. The highest BCUT2D eigenvalue weighted by Crippen LogP contribution is 2.25. The maximum atomic E-state index is 14.0. The van der Waals surface area contributed by atoms with Crippen molar-refractivity contribution in [2.45, 2.75) is 12.5 Å². The Hall–Kier alpha value is -3.89. The smallest absolute Gasteiger partial charge is 0.252 e. The van der Waals surface area contributed by atoms with Crippen molar-refractivity contribution in [3.63, 3.8) is 0 Å². The summed E-state index contributed by atoms with van der Waals surface area (Å²) in [4.78, 5) is 39.3. The van der Waals surface area contributed by atoms with Crippen LogP contribution in [0, 0.1) is 5.82 Å². The minimum absolute atomic E-state index is 0.0212. The molecular weight excluding hydrogens is 451 g/mol. The Labute approximate surface area is 191 Å². The summed E-state index contributed by atoms with van der Waals surface area (Å²) in [6, 6.07) is 9.71. The summed E-state index contributed by atoms with van der Waals surface area (Å²) in [6.45, 7) is -0.195. The van der Waals surface area contributed by atoms with Crippen molar-refractivity contribution in [3.05, 3.63) is 98.2 Å². The molecule has 0 unspecified atom stereocenters. The molecule has 3 N–H and O–H groups in total. The number of rotatable bonds is 7. The fourth-order valence-corrected chi connectivity index (χ4v) is 3.45. The van der Waals surface area contributed by atoms with Crippen molar-refractivity contribution < 1.29 is 9.50 Å². The lowest BCUT2D eigenvalue weighted by molar-refractivity contribution is 0.266. The first kappa shape index (κ1) is 22.3. The number of aromatic amines is 1. The first-order valence-electron chi connectivity index (χ1n) is 9.88. The van der Waals surface area contributed by atoms with Crippen LogP contribution in [-0.2, 0) is 0 Å². The number of nitrogens with zero attached hydrogens (tertiary/aromatic N) is 4. The van der Waals surface area contributed by atoms with Crippen LogP contribution >= 0.6 is 11.6 Å². The van der Waals surface area contributed by atoms with E-state index in [9.17, 15) is 19.1 Å². The lowest BCUT2D eigenvalue weighted by atomic mass is 10.0. The molecule has 4 rings (SSSR count). The molecule has 0 aliphatic carbocycles. The van der Waals surface area contributed by atoms with E-state index in [2.05, 4.69) is 25.3 Å². The summed E-state index contributed by atoms with van der Waals surface area (Å²) >= 11 is 5.77. The lowest BCUT2D eigenvalue weighted by Gasteiger charge is -2.20. The van der Waals surface area contributed by atoms with Crippen LogP contribution in [0.2, 0.25) is 5.02 Å². The summed E-state index contributed by atoms with van der Waals surface area (Å²) in [5, 5.41) is 12.3. The van der Waals surface area contributed by atoms with Gasteiger partial charge in [-0.25, -0.2) is 19.3 Å². The zero-order valence-corrected chi connectivity index (χ0v) is 17.8. The number of benzene rings is 1. The van der Waals surface area contributed by atoms with E-state index in [1.54, 1.807) is 24.4 Å². The van der Waals surface area contributed by atoms with Crippen LogP contribution in [-0.4, -0.2) is 36.2 Å². The van der Waals surface area contributed by atoms with Gasteiger partial charge in [0, 0.05) is 42.9 Å². The minimum Gasteiger partial charge on any atom is -0.396 e. The molecule has 0 aliphatic rings. The summed E-state index contributed by atoms with van der Waals surface area (Å²) in [6.07, 6.45) is 4.63. The number of aliphatic hydroxyl groups is 1. The van der Waals surface area contributed by atoms with Crippen molar-refractivity contribution in [1.82, 2.24) is 24.5 Å². The molecule has 0 radical (unpaired) electrons. The van der Waals surface area contributed by atoms with Crippen LogP contribution in [0.15, 0.2) is 70.6 Å². The van der Waals surface area contributed by atoms with Gasteiger partial charge in [-0.3, -0.25) is 19.9 Å².